The van der Waals surface area contributed by atoms with Crippen LogP contribution in [0.1, 0.15) is 19.4 Å². The molecule has 0 aliphatic rings. The molecule has 5 nitrogen and oxygen atoms in total. The van der Waals surface area contributed by atoms with Gasteiger partial charge in [0, 0.05) is 6.54 Å². The summed E-state index contributed by atoms with van der Waals surface area (Å²) in [5.74, 6) is 0.152. The smallest absolute Gasteiger partial charge is 0.240 e. The molecule has 130 valence electrons. The van der Waals surface area contributed by atoms with E-state index in [4.69, 9.17) is 4.74 Å². The van der Waals surface area contributed by atoms with Crippen molar-refractivity contribution in [2.24, 2.45) is 0 Å². The number of ether oxygens (including phenoxy) is 1. The third kappa shape index (κ3) is 4.53. The molecule has 2 rings (SSSR count). The molecule has 0 amide bonds. The number of halogens is 1. The summed E-state index contributed by atoms with van der Waals surface area (Å²) < 4.78 is 45.2. The molecular formula is C17H20FNO4S. The summed E-state index contributed by atoms with van der Waals surface area (Å²) in [4.78, 5) is 0.0702. The maximum atomic E-state index is 13.0. The molecule has 0 bridgehead atoms. The standard InChI is InChI=1S/C17H20FNO4S/c1-3-23-15-8-10-16(11-9-15)24(21,22)19-12-17(2,20)13-4-6-14(18)7-5-13/h4-11,19-20H,3,12H2,1-2H3. The Bertz CT molecular complexity index is 771. The van der Waals surface area contributed by atoms with Crippen LogP contribution in [-0.2, 0) is 15.6 Å². The summed E-state index contributed by atoms with van der Waals surface area (Å²) in [5, 5.41) is 10.4. The monoisotopic (exact) mass is 353 g/mol. The highest BCUT2D eigenvalue weighted by atomic mass is 32.2. The SMILES string of the molecule is CCOc1ccc(S(=O)(=O)NCC(C)(O)c2ccc(F)cc2)cc1. The van der Waals surface area contributed by atoms with Crippen molar-refractivity contribution in [3.63, 3.8) is 0 Å². The molecule has 2 aromatic rings. The van der Waals surface area contributed by atoms with Crippen molar-refractivity contribution in [1.82, 2.24) is 4.72 Å². The van der Waals surface area contributed by atoms with Gasteiger partial charge in [-0.05, 0) is 55.8 Å². The lowest BCUT2D eigenvalue weighted by Gasteiger charge is -2.24. The summed E-state index contributed by atoms with van der Waals surface area (Å²) in [6.07, 6.45) is 0. The van der Waals surface area contributed by atoms with Crippen molar-refractivity contribution in [1.29, 1.82) is 0 Å². The fraction of sp³-hybridized carbons (Fsp3) is 0.294. The minimum absolute atomic E-state index is 0.0702. The molecule has 7 heteroatoms. The fourth-order valence-corrected chi connectivity index (χ4v) is 3.24. The zero-order chi connectivity index (χ0) is 17.8. The molecule has 2 aromatic carbocycles. The lowest BCUT2D eigenvalue weighted by molar-refractivity contribution is 0.0627. The second kappa shape index (κ2) is 7.29. The third-order valence-corrected chi connectivity index (χ3v) is 4.93. The van der Waals surface area contributed by atoms with Gasteiger partial charge in [0.1, 0.15) is 17.2 Å². The molecule has 0 spiro atoms. The van der Waals surface area contributed by atoms with E-state index in [-0.39, 0.29) is 11.4 Å². The van der Waals surface area contributed by atoms with Crippen molar-refractivity contribution >= 4 is 10.0 Å². The van der Waals surface area contributed by atoms with Crippen molar-refractivity contribution in [2.45, 2.75) is 24.3 Å². The highest BCUT2D eigenvalue weighted by Gasteiger charge is 2.26. The lowest BCUT2D eigenvalue weighted by atomic mass is 9.96. The number of hydrogen-bond donors (Lipinski definition) is 2. The van der Waals surface area contributed by atoms with Crippen LogP contribution in [0.5, 0.6) is 5.75 Å². The first-order valence-corrected chi connectivity index (χ1v) is 8.94. The van der Waals surface area contributed by atoms with E-state index in [0.717, 1.165) is 0 Å². The molecule has 0 radical (unpaired) electrons. The average Bonchev–Trinajstić information content (AvgIpc) is 2.55. The fourth-order valence-electron chi connectivity index (χ4n) is 2.11. The van der Waals surface area contributed by atoms with Crippen molar-refractivity contribution in [3.8, 4) is 5.75 Å². The zero-order valence-electron chi connectivity index (χ0n) is 13.5. The average molecular weight is 353 g/mol. The number of aliphatic hydroxyl groups is 1. The van der Waals surface area contributed by atoms with Crippen LogP contribution in [0.15, 0.2) is 53.4 Å². The van der Waals surface area contributed by atoms with E-state index >= 15 is 0 Å². The molecule has 0 fully saturated rings. The predicted octanol–water partition coefficient (Wildman–Crippen LogP) is 2.41. The Hall–Kier alpha value is -1.96. The van der Waals surface area contributed by atoms with Gasteiger partial charge in [0.05, 0.1) is 11.5 Å². The number of sulfonamides is 1. The Morgan fingerprint density at radius 2 is 1.71 bits per heavy atom. The van der Waals surface area contributed by atoms with Crippen LogP contribution in [0, 0.1) is 5.82 Å². The second-order valence-electron chi connectivity index (χ2n) is 5.51. The summed E-state index contributed by atoms with van der Waals surface area (Å²) in [6.45, 7) is 3.55. The van der Waals surface area contributed by atoms with Crippen molar-refractivity contribution in [3.05, 3.63) is 59.9 Å². The van der Waals surface area contributed by atoms with E-state index in [1.807, 2.05) is 6.92 Å². The Labute approximate surface area is 141 Å². The summed E-state index contributed by atoms with van der Waals surface area (Å²) in [5.41, 5.74) is -1.05. The van der Waals surface area contributed by atoms with Gasteiger partial charge in [-0.25, -0.2) is 17.5 Å². The Balaban J connectivity index is 2.09. The van der Waals surface area contributed by atoms with Gasteiger partial charge >= 0.3 is 0 Å². The van der Waals surface area contributed by atoms with Gasteiger partial charge in [-0.1, -0.05) is 12.1 Å². The Morgan fingerprint density at radius 3 is 2.25 bits per heavy atom. The van der Waals surface area contributed by atoms with Crippen molar-refractivity contribution < 1.29 is 22.7 Å². The van der Waals surface area contributed by atoms with E-state index in [2.05, 4.69) is 4.72 Å². The molecule has 2 N–H and O–H groups in total. The molecule has 0 saturated carbocycles. The van der Waals surface area contributed by atoms with Crippen LogP contribution in [0.2, 0.25) is 0 Å². The minimum atomic E-state index is -3.78. The van der Waals surface area contributed by atoms with E-state index in [0.29, 0.717) is 17.9 Å². The van der Waals surface area contributed by atoms with Crippen LogP contribution in [0.3, 0.4) is 0 Å². The van der Waals surface area contributed by atoms with Gasteiger partial charge in [-0.2, -0.15) is 0 Å². The summed E-state index contributed by atoms with van der Waals surface area (Å²) in [6, 6.07) is 11.3. The quantitative estimate of drug-likeness (QED) is 0.801. The lowest BCUT2D eigenvalue weighted by Crippen LogP contribution is -2.38. The predicted molar refractivity (Wildman–Crippen MR) is 88.8 cm³/mol. The molecule has 24 heavy (non-hydrogen) atoms. The summed E-state index contributed by atoms with van der Waals surface area (Å²) in [7, 11) is -3.78. The van der Waals surface area contributed by atoms with Gasteiger partial charge in [-0.3, -0.25) is 0 Å². The molecule has 0 aliphatic carbocycles. The van der Waals surface area contributed by atoms with Crippen LogP contribution < -0.4 is 9.46 Å². The van der Waals surface area contributed by atoms with Gasteiger partial charge in [0.25, 0.3) is 0 Å². The highest BCUT2D eigenvalue weighted by molar-refractivity contribution is 7.89. The summed E-state index contributed by atoms with van der Waals surface area (Å²) >= 11 is 0. The van der Waals surface area contributed by atoms with E-state index in [1.165, 1.54) is 43.3 Å². The Kier molecular flexibility index (Phi) is 5.58. The number of benzene rings is 2. The van der Waals surface area contributed by atoms with Crippen LogP contribution >= 0.6 is 0 Å². The second-order valence-corrected chi connectivity index (χ2v) is 7.28. The molecule has 0 aromatic heterocycles. The molecule has 0 heterocycles. The minimum Gasteiger partial charge on any atom is -0.494 e. The van der Waals surface area contributed by atoms with Crippen LogP contribution in [0.25, 0.3) is 0 Å². The normalized spacial score (nSPS) is 14.2. The first-order valence-electron chi connectivity index (χ1n) is 7.45. The molecule has 0 aliphatic heterocycles. The largest absolute Gasteiger partial charge is 0.494 e. The van der Waals surface area contributed by atoms with Gasteiger partial charge in [0.2, 0.25) is 10.0 Å². The van der Waals surface area contributed by atoms with Gasteiger partial charge in [-0.15, -0.1) is 0 Å². The van der Waals surface area contributed by atoms with Crippen LogP contribution in [0.4, 0.5) is 4.39 Å². The topological polar surface area (TPSA) is 75.6 Å². The molecular weight excluding hydrogens is 333 g/mol. The van der Waals surface area contributed by atoms with Gasteiger partial charge in [0.15, 0.2) is 0 Å². The Morgan fingerprint density at radius 1 is 1.12 bits per heavy atom. The van der Waals surface area contributed by atoms with E-state index < -0.39 is 21.4 Å². The highest BCUT2D eigenvalue weighted by Crippen LogP contribution is 2.21. The van der Waals surface area contributed by atoms with E-state index in [1.54, 1.807) is 12.1 Å². The zero-order valence-corrected chi connectivity index (χ0v) is 14.3. The first-order chi connectivity index (χ1) is 11.2. The first kappa shape index (κ1) is 18.4. The number of hydrogen-bond acceptors (Lipinski definition) is 4. The van der Waals surface area contributed by atoms with Crippen LogP contribution in [-0.4, -0.2) is 26.7 Å². The number of rotatable bonds is 7. The molecule has 1 unspecified atom stereocenters. The number of nitrogens with one attached hydrogen (secondary N) is 1. The molecule has 1 atom stereocenters. The molecule has 0 saturated heterocycles. The van der Waals surface area contributed by atoms with E-state index in [9.17, 15) is 17.9 Å². The maximum Gasteiger partial charge on any atom is 0.240 e. The van der Waals surface area contributed by atoms with Gasteiger partial charge < -0.3 is 9.84 Å². The third-order valence-electron chi connectivity index (χ3n) is 3.52. The maximum absolute atomic E-state index is 13.0. The van der Waals surface area contributed by atoms with Crippen molar-refractivity contribution in [2.75, 3.05) is 13.2 Å².